The van der Waals surface area contributed by atoms with E-state index in [1.165, 1.54) is 5.69 Å². The van der Waals surface area contributed by atoms with Crippen LogP contribution >= 0.6 is 0 Å². The van der Waals surface area contributed by atoms with E-state index in [1.54, 1.807) is 12.3 Å². The Morgan fingerprint density at radius 2 is 1.79 bits per heavy atom. The summed E-state index contributed by atoms with van der Waals surface area (Å²) in [5.74, 6) is 0.450. The molecule has 2 N–H and O–H groups in total. The number of aromatic nitrogens is 1. The van der Waals surface area contributed by atoms with Crippen LogP contribution in [-0.2, 0) is 0 Å². The Hall–Kier alpha value is -2.60. The highest BCUT2D eigenvalue weighted by molar-refractivity contribution is 6.03. The summed E-state index contributed by atoms with van der Waals surface area (Å²) in [4.78, 5) is 21.5. The summed E-state index contributed by atoms with van der Waals surface area (Å²) in [6.45, 7) is 9.49. The minimum atomic E-state index is -0.195. The van der Waals surface area contributed by atoms with E-state index in [0.717, 1.165) is 50.5 Å². The Morgan fingerprint density at radius 1 is 1.07 bits per heavy atom. The van der Waals surface area contributed by atoms with Crippen LogP contribution in [0.5, 0.6) is 0 Å². The largest absolute Gasteiger partial charge is 0.385 e. The Bertz CT molecular complexity index is 767. The fraction of sp³-hybridized carbons (Fsp3) is 0.455. The topological polar surface area (TPSA) is 60.5 Å². The van der Waals surface area contributed by atoms with Crippen LogP contribution in [0.2, 0.25) is 0 Å². The van der Waals surface area contributed by atoms with Gasteiger partial charge in [0.15, 0.2) is 0 Å². The molecule has 3 rings (SSSR count). The highest BCUT2D eigenvalue weighted by Gasteiger charge is 2.14. The SMILES string of the molecule is CC(C)CCNc1ccnc(C(=O)Nc2ccc(N3CCN(C)CC3)cc2)c1. The molecule has 1 aromatic heterocycles. The molecule has 6 heteroatoms. The standard InChI is InChI=1S/C22H31N5O/c1-17(2)8-10-23-19-9-11-24-21(16-19)22(28)25-18-4-6-20(7-5-18)27-14-12-26(3)13-15-27/h4-7,9,11,16-17H,8,10,12-15H2,1-3H3,(H,23,24)(H,25,28). The van der Waals surface area contributed by atoms with Crippen LogP contribution in [0.4, 0.5) is 17.1 Å². The summed E-state index contributed by atoms with van der Waals surface area (Å²) in [5, 5.41) is 6.29. The molecule has 1 saturated heterocycles. The minimum Gasteiger partial charge on any atom is -0.385 e. The first-order chi connectivity index (χ1) is 13.5. The van der Waals surface area contributed by atoms with E-state index in [-0.39, 0.29) is 5.91 Å². The van der Waals surface area contributed by atoms with Crippen LogP contribution < -0.4 is 15.5 Å². The van der Waals surface area contributed by atoms with Gasteiger partial charge < -0.3 is 20.4 Å². The number of anilines is 3. The molecule has 0 spiro atoms. The van der Waals surface area contributed by atoms with Gasteiger partial charge in [-0.25, -0.2) is 0 Å². The number of hydrogen-bond acceptors (Lipinski definition) is 5. The second kappa shape index (κ2) is 9.55. The second-order valence-corrected chi connectivity index (χ2v) is 7.83. The Labute approximate surface area is 167 Å². The highest BCUT2D eigenvalue weighted by atomic mass is 16.1. The molecule has 1 aliphatic rings. The van der Waals surface area contributed by atoms with Crippen molar-refractivity contribution < 1.29 is 4.79 Å². The van der Waals surface area contributed by atoms with Gasteiger partial charge in [-0.2, -0.15) is 0 Å². The van der Waals surface area contributed by atoms with Crippen molar-refractivity contribution in [2.24, 2.45) is 5.92 Å². The van der Waals surface area contributed by atoms with E-state index in [1.807, 2.05) is 18.2 Å². The molecule has 1 amide bonds. The maximum Gasteiger partial charge on any atom is 0.274 e. The Balaban J connectivity index is 1.57. The van der Waals surface area contributed by atoms with E-state index in [9.17, 15) is 4.79 Å². The predicted molar refractivity (Wildman–Crippen MR) is 116 cm³/mol. The number of rotatable bonds is 7. The number of amides is 1. The van der Waals surface area contributed by atoms with Gasteiger partial charge in [-0.15, -0.1) is 0 Å². The fourth-order valence-electron chi connectivity index (χ4n) is 3.19. The summed E-state index contributed by atoms with van der Waals surface area (Å²) >= 11 is 0. The molecule has 0 unspecified atom stereocenters. The number of hydrogen-bond donors (Lipinski definition) is 2. The number of carbonyl (C=O) groups is 1. The number of likely N-dealkylation sites (N-methyl/N-ethyl adjacent to an activating group) is 1. The molecular weight excluding hydrogens is 350 g/mol. The molecule has 0 aliphatic carbocycles. The third-order valence-corrected chi connectivity index (χ3v) is 5.04. The van der Waals surface area contributed by atoms with Gasteiger partial charge in [-0.1, -0.05) is 13.8 Å². The van der Waals surface area contributed by atoms with Crippen molar-refractivity contribution in [2.75, 3.05) is 55.3 Å². The summed E-state index contributed by atoms with van der Waals surface area (Å²) in [6.07, 6.45) is 2.76. The zero-order chi connectivity index (χ0) is 19.9. The molecule has 0 radical (unpaired) electrons. The summed E-state index contributed by atoms with van der Waals surface area (Å²) in [7, 11) is 2.15. The first-order valence-electron chi connectivity index (χ1n) is 10.1. The second-order valence-electron chi connectivity index (χ2n) is 7.83. The first kappa shape index (κ1) is 20.1. The van der Waals surface area contributed by atoms with Gasteiger partial charge in [0.25, 0.3) is 5.91 Å². The van der Waals surface area contributed by atoms with Crippen LogP contribution in [0.1, 0.15) is 30.8 Å². The molecular formula is C22H31N5O. The lowest BCUT2D eigenvalue weighted by atomic mass is 10.1. The third kappa shape index (κ3) is 5.70. The van der Waals surface area contributed by atoms with Gasteiger partial charge in [0.1, 0.15) is 5.69 Å². The maximum absolute atomic E-state index is 12.6. The number of carbonyl (C=O) groups excluding carboxylic acids is 1. The van der Waals surface area contributed by atoms with E-state index in [4.69, 9.17) is 0 Å². The monoisotopic (exact) mass is 381 g/mol. The van der Waals surface area contributed by atoms with Crippen LogP contribution in [0.25, 0.3) is 0 Å². The maximum atomic E-state index is 12.6. The summed E-state index contributed by atoms with van der Waals surface area (Å²) in [6, 6.07) is 11.7. The van der Waals surface area contributed by atoms with Crippen LogP contribution in [0.3, 0.4) is 0 Å². The average molecular weight is 382 g/mol. The van der Waals surface area contributed by atoms with Crippen LogP contribution in [0.15, 0.2) is 42.6 Å². The normalized spacial score (nSPS) is 14.9. The number of benzene rings is 1. The van der Waals surface area contributed by atoms with Crippen molar-refractivity contribution >= 4 is 23.0 Å². The molecule has 1 aromatic carbocycles. The fourth-order valence-corrected chi connectivity index (χ4v) is 3.19. The Morgan fingerprint density at radius 3 is 2.46 bits per heavy atom. The molecule has 1 aliphatic heterocycles. The van der Waals surface area contributed by atoms with Crippen LogP contribution in [0, 0.1) is 5.92 Å². The number of nitrogens with zero attached hydrogens (tertiary/aromatic N) is 3. The van der Waals surface area contributed by atoms with E-state index < -0.39 is 0 Å². The Kier molecular flexibility index (Phi) is 6.87. The zero-order valence-electron chi connectivity index (χ0n) is 17.1. The molecule has 2 heterocycles. The molecule has 1 fully saturated rings. The minimum absolute atomic E-state index is 0.195. The van der Waals surface area contributed by atoms with Crippen molar-refractivity contribution in [3.05, 3.63) is 48.3 Å². The van der Waals surface area contributed by atoms with Gasteiger partial charge in [-0.3, -0.25) is 9.78 Å². The third-order valence-electron chi connectivity index (χ3n) is 5.04. The van der Waals surface area contributed by atoms with Gasteiger partial charge in [0.05, 0.1) is 0 Å². The van der Waals surface area contributed by atoms with Gasteiger partial charge in [-0.05, 0) is 55.8 Å². The van der Waals surface area contributed by atoms with Crippen molar-refractivity contribution in [3.63, 3.8) is 0 Å². The molecule has 0 bridgehead atoms. The first-order valence-corrected chi connectivity index (χ1v) is 10.1. The zero-order valence-corrected chi connectivity index (χ0v) is 17.1. The summed E-state index contributed by atoms with van der Waals surface area (Å²) < 4.78 is 0. The quantitative estimate of drug-likeness (QED) is 0.768. The van der Waals surface area contributed by atoms with Crippen molar-refractivity contribution in [3.8, 4) is 0 Å². The van der Waals surface area contributed by atoms with Crippen LogP contribution in [-0.4, -0.2) is 55.6 Å². The molecule has 28 heavy (non-hydrogen) atoms. The average Bonchev–Trinajstić information content (AvgIpc) is 2.69. The molecule has 6 nitrogen and oxygen atoms in total. The number of nitrogens with one attached hydrogen (secondary N) is 2. The number of piperazine rings is 1. The van der Waals surface area contributed by atoms with Gasteiger partial charge in [0.2, 0.25) is 0 Å². The number of pyridine rings is 1. The lowest BCUT2D eigenvalue weighted by molar-refractivity contribution is 0.102. The summed E-state index contributed by atoms with van der Waals surface area (Å²) in [5.41, 5.74) is 3.31. The van der Waals surface area contributed by atoms with Crippen molar-refractivity contribution in [2.45, 2.75) is 20.3 Å². The van der Waals surface area contributed by atoms with Crippen molar-refractivity contribution in [1.29, 1.82) is 0 Å². The highest BCUT2D eigenvalue weighted by Crippen LogP contribution is 2.20. The van der Waals surface area contributed by atoms with Gasteiger partial charge in [0, 0.05) is 56.0 Å². The lowest BCUT2D eigenvalue weighted by Gasteiger charge is -2.34. The molecule has 0 atom stereocenters. The smallest absolute Gasteiger partial charge is 0.274 e. The van der Waals surface area contributed by atoms with E-state index in [0.29, 0.717) is 11.6 Å². The predicted octanol–water partition coefficient (Wildman–Crippen LogP) is 3.54. The van der Waals surface area contributed by atoms with Gasteiger partial charge >= 0.3 is 0 Å². The van der Waals surface area contributed by atoms with Crippen molar-refractivity contribution in [1.82, 2.24) is 9.88 Å². The molecule has 0 saturated carbocycles. The molecule has 2 aromatic rings. The van der Waals surface area contributed by atoms with E-state index >= 15 is 0 Å². The van der Waals surface area contributed by atoms with E-state index in [2.05, 4.69) is 58.4 Å². The lowest BCUT2D eigenvalue weighted by Crippen LogP contribution is -2.44. The molecule has 150 valence electrons.